The third kappa shape index (κ3) is 3.99. The third-order valence-electron chi connectivity index (χ3n) is 4.91. The van der Waals surface area contributed by atoms with Crippen molar-refractivity contribution in [2.24, 2.45) is 5.14 Å². The molecule has 164 valence electrons. The van der Waals surface area contributed by atoms with Gasteiger partial charge < -0.3 is 4.74 Å². The van der Waals surface area contributed by atoms with Crippen LogP contribution in [0.4, 0.5) is 4.39 Å². The monoisotopic (exact) mass is 473 g/mol. The summed E-state index contributed by atoms with van der Waals surface area (Å²) in [6.45, 7) is 1.94. The number of rotatable bonds is 5. The van der Waals surface area contributed by atoms with Crippen LogP contribution in [0.15, 0.2) is 47.5 Å². The number of aromatic nitrogens is 4. The summed E-state index contributed by atoms with van der Waals surface area (Å²) in [6.07, 6.45) is 1.23. The van der Waals surface area contributed by atoms with Crippen molar-refractivity contribution in [1.29, 1.82) is 0 Å². The van der Waals surface area contributed by atoms with E-state index in [1.165, 1.54) is 25.4 Å². The number of hydrogen-bond donors (Lipinski definition) is 1. The summed E-state index contributed by atoms with van der Waals surface area (Å²) in [5.74, 6) is 0.386. The second kappa shape index (κ2) is 8.38. The summed E-state index contributed by atoms with van der Waals surface area (Å²) in [6, 6.07) is 9.65. The summed E-state index contributed by atoms with van der Waals surface area (Å²) < 4.78 is 42.6. The molecular weight excluding hydrogens is 457 g/mol. The van der Waals surface area contributed by atoms with E-state index in [-0.39, 0.29) is 9.92 Å². The minimum atomic E-state index is -4.01. The smallest absolute Gasteiger partial charge is 0.309 e. The Morgan fingerprint density at radius 2 is 1.97 bits per heavy atom. The van der Waals surface area contributed by atoms with E-state index in [1.807, 2.05) is 13.0 Å². The van der Waals surface area contributed by atoms with E-state index < -0.39 is 16.1 Å². The van der Waals surface area contributed by atoms with Gasteiger partial charge in [0, 0.05) is 28.8 Å². The summed E-state index contributed by atoms with van der Waals surface area (Å²) in [5, 5.41) is 14.4. The van der Waals surface area contributed by atoms with E-state index >= 15 is 0 Å². The van der Waals surface area contributed by atoms with Crippen LogP contribution < -0.4 is 9.88 Å². The fourth-order valence-electron chi connectivity index (χ4n) is 3.39. The Morgan fingerprint density at radius 1 is 1.19 bits per heavy atom. The number of fused-ring (bicyclic) bond motifs is 1. The number of ether oxygens (including phenoxy) is 1. The van der Waals surface area contributed by atoms with E-state index in [0.29, 0.717) is 45.6 Å². The van der Waals surface area contributed by atoms with Crippen LogP contribution in [0.3, 0.4) is 0 Å². The van der Waals surface area contributed by atoms with Gasteiger partial charge >= 0.3 is 6.08 Å². The van der Waals surface area contributed by atoms with E-state index in [2.05, 4.69) is 20.2 Å². The predicted molar refractivity (Wildman–Crippen MR) is 118 cm³/mol. The van der Waals surface area contributed by atoms with Gasteiger partial charge in [0.25, 0.3) is 0 Å². The minimum Gasteiger partial charge on any atom is -0.494 e. The molecule has 0 fully saturated rings. The molecule has 0 unspecified atom stereocenters. The second-order valence-corrected chi connectivity index (χ2v) is 8.78. The Labute approximate surface area is 188 Å². The van der Waals surface area contributed by atoms with E-state index in [1.54, 1.807) is 18.2 Å². The average Bonchev–Trinajstić information content (AvgIpc) is 2.77. The molecule has 2 N–H and O–H groups in total. The van der Waals surface area contributed by atoms with Crippen molar-refractivity contribution in [2.75, 3.05) is 7.11 Å². The highest BCUT2D eigenvalue weighted by atomic mass is 35.5. The van der Waals surface area contributed by atoms with Crippen molar-refractivity contribution in [3.8, 4) is 28.3 Å². The SMILES string of the molecule is CCc1cc(-c2nnc(-c3cccc(S(N)(=O)=O)c3Cl)cc2OC)cc2cnc(F)nc12. The molecule has 4 aromatic rings. The number of sulfonamides is 1. The first-order valence-electron chi connectivity index (χ1n) is 9.42. The van der Waals surface area contributed by atoms with Crippen molar-refractivity contribution >= 4 is 32.5 Å². The quantitative estimate of drug-likeness (QED) is 0.438. The fraction of sp³-hybridized carbons (Fsp3) is 0.143. The first-order chi connectivity index (χ1) is 15.2. The number of primary sulfonamides is 1. The molecule has 0 aliphatic carbocycles. The summed E-state index contributed by atoms with van der Waals surface area (Å²) >= 11 is 6.29. The Balaban J connectivity index is 1.87. The number of hydrogen-bond acceptors (Lipinski definition) is 7. The van der Waals surface area contributed by atoms with Crippen LogP contribution in [0.5, 0.6) is 5.75 Å². The van der Waals surface area contributed by atoms with Crippen LogP contribution >= 0.6 is 11.6 Å². The first kappa shape index (κ1) is 22.0. The lowest BCUT2D eigenvalue weighted by Gasteiger charge is -2.13. The number of nitrogens with zero attached hydrogens (tertiary/aromatic N) is 4. The van der Waals surface area contributed by atoms with Gasteiger partial charge in [-0.3, -0.25) is 0 Å². The normalized spacial score (nSPS) is 11.7. The zero-order valence-corrected chi connectivity index (χ0v) is 18.6. The number of aryl methyl sites for hydroxylation is 1. The molecule has 0 spiro atoms. The van der Waals surface area contributed by atoms with Crippen molar-refractivity contribution in [3.63, 3.8) is 0 Å². The number of methoxy groups -OCH3 is 1. The maximum atomic E-state index is 13.5. The van der Waals surface area contributed by atoms with Crippen LogP contribution in [-0.2, 0) is 16.4 Å². The minimum absolute atomic E-state index is 0.0581. The van der Waals surface area contributed by atoms with Crippen LogP contribution in [0, 0.1) is 6.08 Å². The molecule has 8 nitrogen and oxygen atoms in total. The molecule has 2 aromatic heterocycles. The van der Waals surface area contributed by atoms with Crippen LogP contribution in [0.2, 0.25) is 5.02 Å². The second-order valence-electron chi connectivity index (χ2n) is 6.88. The summed E-state index contributed by atoms with van der Waals surface area (Å²) in [7, 11) is -2.53. The van der Waals surface area contributed by atoms with Gasteiger partial charge in [-0.2, -0.15) is 4.39 Å². The van der Waals surface area contributed by atoms with E-state index in [9.17, 15) is 12.8 Å². The van der Waals surface area contributed by atoms with Crippen molar-refractivity contribution in [3.05, 3.63) is 59.3 Å². The molecule has 4 rings (SSSR count). The zero-order valence-electron chi connectivity index (χ0n) is 17.0. The summed E-state index contributed by atoms with van der Waals surface area (Å²) in [4.78, 5) is 7.32. The van der Waals surface area contributed by atoms with Crippen molar-refractivity contribution in [2.45, 2.75) is 18.2 Å². The van der Waals surface area contributed by atoms with E-state index in [0.717, 1.165) is 5.56 Å². The molecule has 0 aliphatic rings. The molecule has 0 bridgehead atoms. The largest absolute Gasteiger partial charge is 0.494 e. The molecule has 32 heavy (non-hydrogen) atoms. The third-order valence-corrected chi connectivity index (χ3v) is 6.38. The molecule has 0 saturated carbocycles. The van der Waals surface area contributed by atoms with Crippen LogP contribution in [-0.4, -0.2) is 35.7 Å². The summed E-state index contributed by atoms with van der Waals surface area (Å²) in [5.41, 5.74) is 3.12. The fourth-order valence-corrected chi connectivity index (χ4v) is 4.57. The highest BCUT2D eigenvalue weighted by Gasteiger charge is 2.20. The predicted octanol–water partition coefficient (Wildman–Crippen LogP) is 3.76. The molecule has 2 heterocycles. The molecule has 2 aromatic carbocycles. The van der Waals surface area contributed by atoms with Gasteiger partial charge in [-0.1, -0.05) is 30.7 Å². The lowest BCUT2D eigenvalue weighted by atomic mass is 10.0. The van der Waals surface area contributed by atoms with Gasteiger partial charge in [0.1, 0.15) is 16.3 Å². The Morgan fingerprint density at radius 3 is 2.66 bits per heavy atom. The first-order valence-corrected chi connectivity index (χ1v) is 11.3. The standard InChI is InChI=1S/C21H17ClFN5O3S/c1-3-11-7-12(8-13-10-25-21(23)26-19(11)13)20-16(31-2)9-15(27-28-20)14-5-4-6-17(18(14)22)32(24,29)30/h4-10H,3H2,1-2H3,(H2,24,29,30). The molecule has 11 heteroatoms. The van der Waals surface area contributed by atoms with E-state index in [4.69, 9.17) is 21.5 Å². The van der Waals surface area contributed by atoms with Gasteiger partial charge in [-0.05, 0) is 30.2 Å². The number of nitrogens with two attached hydrogens (primary N) is 1. The van der Waals surface area contributed by atoms with Crippen molar-refractivity contribution < 1.29 is 17.5 Å². The lowest BCUT2D eigenvalue weighted by molar-refractivity contribution is 0.414. The lowest BCUT2D eigenvalue weighted by Crippen LogP contribution is -2.13. The Hall–Kier alpha value is -3.21. The van der Waals surface area contributed by atoms with Crippen molar-refractivity contribution in [1.82, 2.24) is 20.2 Å². The molecular formula is C21H17ClFN5O3S. The Bertz CT molecular complexity index is 1460. The van der Waals surface area contributed by atoms with Gasteiger partial charge in [0.05, 0.1) is 23.3 Å². The van der Waals surface area contributed by atoms with Gasteiger partial charge in [-0.15, -0.1) is 10.2 Å². The molecule has 0 radical (unpaired) electrons. The molecule has 0 atom stereocenters. The molecule has 0 aliphatic heterocycles. The molecule has 0 saturated heterocycles. The van der Waals surface area contributed by atoms with Crippen LogP contribution in [0.25, 0.3) is 33.4 Å². The van der Waals surface area contributed by atoms with Gasteiger partial charge in [-0.25, -0.2) is 23.5 Å². The number of halogens is 2. The average molecular weight is 474 g/mol. The zero-order chi connectivity index (χ0) is 23.0. The topological polar surface area (TPSA) is 121 Å². The highest BCUT2D eigenvalue weighted by Crippen LogP contribution is 2.36. The van der Waals surface area contributed by atoms with Crippen LogP contribution in [0.1, 0.15) is 12.5 Å². The molecule has 0 amide bonds. The highest BCUT2D eigenvalue weighted by molar-refractivity contribution is 7.89. The number of benzene rings is 2. The van der Waals surface area contributed by atoms with Gasteiger partial charge in [0.2, 0.25) is 10.0 Å². The maximum Gasteiger partial charge on any atom is 0.309 e. The maximum absolute atomic E-state index is 13.5. The van der Waals surface area contributed by atoms with Gasteiger partial charge in [0.15, 0.2) is 0 Å². The Kier molecular flexibility index (Phi) is 5.76.